The zero-order chi connectivity index (χ0) is 16.8. The van der Waals surface area contributed by atoms with Gasteiger partial charge in [0.05, 0.1) is 5.71 Å². The molecule has 0 radical (unpaired) electrons. The Labute approximate surface area is 146 Å². The highest BCUT2D eigenvalue weighted by Crippen LogP contribution is 2.18. The second-order valence-corrected chi connectivity index (χ2v) is 5.72. The largest absolute Gasteiger partial charge is 0.489 e. The number of nitrogens with zero attached hydrogens (tertiary/aromatic N) is 1. The fraction of sp³-hybridized carbons (Fsp3) is 0.0500. The van der Waals surface area contributed by atoms with E-state index in [2.05, 4.69) is 5.10 Å². The maximum Gasteiger partial charge on any atom is 0.119 e. The summed E-state index contributed by atoms with van der Waals surface area (Å²) in [4.78, 5) is 0. The van der Waals surface area contributed by atoms with Gasteiger partial charge in [0.15, 0.2) is 0 Å². The zero-order valence-electron chi connectivity index (χ0n) is 13.0. The maximum absolute atomic E-state index is 5.92. The fourth-order valence-corrected chi connectivity index (χ4v) is 2.50. The first-order chi connectivity index (χ1) is 11.8. The molecule has 0 spiro atoms. The average Bonchev–Trinajstić information content (AvgIpc) is 2.64. The lowest BCUT2D eigenvalue weighted by Crippen LogP contribution is -2.06. The zero-order valence-corrected chi connectivity index (χ0v) is 13.8. The molecule has 0 atom stereocenters. The Morgan fingerprint density at radius 3 is 2.00 bits per heavy atom. The van der Waals surface area contributed by atoms with E-state index in [1.165, 1.54) is 0 Å². The molecule has 2 N–H and O–H groups in total. The van der Waals surface area contributed by atoms with Gasteiger partial charge in [0.1, 0.15) is 12.4 Å². The molecule has 3 aromatic carbocycles. The molecule has 0 fully saturated rings. The predicted octanol–water partition coefficient (Wildman–Crippen LogP) is 4.63. The lowest BCUT2D eigenvalue weighted by atomic mass is 10.0. The highest BCUT2D eigenvalue weighted by Gasteiger charge is 2.07. The molecule has 0 aliphatic rings. The van der Waals surface area contributed by atoms with E-state index in [1.807, 2.05) is 78.9 Å². The topological polar surface area (TPSA) is 47.6 Å². The molecule has 3 aromatic rings. The van der Waals surface area contributed by atoms with E-state index in [1.54, 1.807) is 0 Å². The Bertz CT molecular complexity index is 813. The molecule has 0 saturated carbocycles. The number of rotatable bonds is 5. The highest BCUT2D eigenvalue weighted by atomic mass is 35.5. The van der Waals surface area contributed by atoms with Gasteiger partial charge >= 0.3 is 0 Å². The quantitative estimate of drug-likeness (QED) is 0.419. The summed E-state index contributed by atoms with van der Waals surface area (Å²) in [7, 11) is 0. The summed E-state index contributed by atoms with van der Waals surface area (Å²) < 4.78 is 5.79. The second kappa shape index (κ2) is 7.66. The van der Waals surface area contributed by atoms with Gasteiger partial charge in [-0.1, -0.05) is 54.1 Å². The van der Waals surface area contributed by atoms with Crippen molar-refractivity contribution in [2.75, 3.05) is 0 Å². The van der Waals surface area contributed by atoms with Crippen LogP contribution in [0.5, 0.6) is 5.75 Å². The van der Waals surface area contributed by atoms with Crippen LogP contribution in [-0.4, -0.2) is 5.71 Å². The Balaban J connectivity index is 1.72. The summed E-state index contributed by atoms with van der Waals surface area (Å²) in [6.07, 6.45) is 0. The molecule has 0 bridgehead atoms. The molecular weight excluding hydrogens is 320 g/mol. The number of hydrogen-bond acceptors (Lipinski definition) is 3. The predicted molar refractivity (Wildman–Crippen MR) is 98.5 cm³/mol. The van der Waals surface area contributed by atoms with E-state index in [9.17, 15) is 0 Å². The highest BCUT2D eigenvalue weighted by molar-refractivity contribution is 6.30. The van der Waals surface area contributed by atoms with Crippen molar-refractivity contribution in [1.82, 2.24) is 0 Å². The van der Waals surface area contributed by atoms with E-state index >= 15 is 0 Å². The molecule has 0 aliphatic heterocycles. The second-order valence-electron chi connectivity index (χ2n) is 5.28. The third-order valence-corrected chi connectivity index (χ3v) is 3.87. The van der Waals surface area contributed by atoms with E-state index in [0.29, 0.717) is 17.3 Å². The van der Waals surface area contributed by atoms with Crippen LogP contribution >= 0.6 is 11.6 Å². The van der Waals surface area contributed by atoms with E-state index < -0.39 is 0 Å². The summed E-state index contributed by atoms with van der Waals surface area (Å²) >= 11 is 5.92. The Morgan fingerprint density at radius 2 is 1.42 bits per heavy atom. The van der Waals surface area contributed by atoms with Crippen LogP contribution in [0.15, 0.2) is 84.0 Å². The molecule has 0 unspecified atom stereocenters. The van der Waals surface area contributed by atoms with Gasteiger partial charge in [-0.15, -0.1) is 0 Å². The average molecular weight is 337 g/mol. The van der Waals surface area contributed by atoms with Crippen molar-refractivity contribution in [2.45, 2.75) is 6.61 Å². The molecule has 3 rings (SSSR count). The standard InChI is InChI=1S/C20H17ClN2O/c21-18-10-6-16(7-11-18)20(23-22)17-8-12-19(13-9-17)24-14-15-4-2-1-3-5-15/h1-13H,14,22H2/b23-20+. The van der Waals surface area contributed by atoms with Gasteiger partial charge in [-0.25, -0.2) is 0 Å². The number of halogens is 1. The Hall–Kier alpha value is -2.78. The minimum absolute atomic E-state index is 0.537. The molecule has 0 amide bonds. The lowest BCUT2D eigenvalue weighted by Gasteiger charge is -2.09. The first-order valence-corrected chi connectivity index (χ1v) is 7.95. The summed E-state index contributed by atoms with van der Waals surface area (Å²) in [5.74, 6) is 6.37. The minimum Gasteiger partial charge on any atom is -0.489 e. The Kier molecular flexibility index (Phi) is 5.14. The van der Waals surface area contributed by atoms with Crippen LogP contribution < -0.4 is 10.6 Å². The van der Waals surface area contributed by atoms with Crippen LogP contribution in [-0.2, 0) is 6.61 Å². The molecular formula is C20H17ClN2O. The van der Waals surface area contributed by atoms with Crippen molar-refractivity contribution < 1.29 is 4.74 Å². The first-order valence-electron chi connectivity index (χ1n) is 7.57. The number of hydrogen-bond donors (Lipinski definition) is 1. The molecule has 24 heavy (non-hydrogen) atoms. The third kappa shape index (κ3) is 3.94. The van der Waals surface area contributed by atoms with Gasteiger partial charge in [-0.05, 0) is 42.0 Å². The summed E-state index contributed by atoms with van der Waals surface area (Å²) in [5.41, 5.74) is 3.68. The van der Waals surface area contributed by atoms with Crippen LogP contribution in [0.4, 0.5) is 0 Å². The van der Waals surface area contributed by atoms with Gasteiger partial charge < -0.3 is 10.6 Å². The van der Waals surface area contributed by atoms with Gasteiger partial charge in [0.2, 0.25) is 0 Å². The number of benzene rings is 3. The first kappa shape index (κ1) is 16.1. The van der Waals surface area contributed by atoms with Gasteiger partial charge in [0, 0.05) is 16.1 Å². The third-order valence-electron chi connectivity index (χ3n) is 3.62. The molecule has 0 heterocycles. The summed E-state index contributed by atoms with van der Waals surface area (Å²) in [5, 5.41) is 4.59. The van der Waals surface area contributed by atoms with Crippen LogP contribution in [0.3, 0.4) is 0 Å². The number of ether oxygens (including phenoxy) is 1. The van der Waals surface area contributed by atoms with Crippen molar-refractivity contribution in [3.05, 3.63) is 101 Å². The van der Waals surface area contributed by atoms with Crippen LogP contribution in [0, 0.1) is 0 Å². The van der Waals surface area contributed by atoms with Crippen molar-refractivity contribution >= 4 is 17.3 Å². The molecule has 4 heteroatoms. The normalized spacial score (nSPS) is 11.3. The minimum atomic E-state index is 0.537. The van der Waals surface area contributed by atoms with E-state index in [-0.39, 0.29) is 0 Å². The molecule has 0 aromatic heterocycles. The lowest BCUT2D eigenvalue weighted by molar-refractivity contribution is 0.306. The van der Waals surface area contributed by atoms with E-state index in [0.717, 1.165) is 22.4 Å². The van der Waals surface area contributed by atoms with Crippen molar-refractivity contribution in [1.29, 1.82) is 0 Å². The van der Waals surface area contributed by atoms with Crippen molar-refractivity contribution in [2.24, 2.45) is 10.9 Å². The summed E-state index contributed by atoms with van der Waals surface area (Å²) in [6.45, 7) is 0.537. The van der Waals surface area contributed by atoms with Crippen LogP contribution in [0.2, 0.25) is 5.02 Å². The van der Waals surface area contributed by atoms with Gasteiger partial charge in [-0.2, -0.15) is 5.10 Å². The summed E-state index contributed by atoms with van der Waals surface area (Å²) in [6, 6.07) is 25.2. The smallest absolute Gasteiger partial charge is 0.119 e. The maximum atomic E-state index is 5.92. The molecule has 0 saturated heterocycles. The van der Waals surface area contributed by atoms with Gasteiger partial charge in [0.25, 0.3) is 0 Å². The molecule has 120 valence electrons. The Morgan fingerprint density at radius 1 is 0.833 bits per heavy atom. The number of nitrogens with two attached hydrogens (primary N) is 1. The van der Waals surface area contributed by atoms with Crippen molar-refractivity contribution in [3.63, 3.8) is 0 Å². The van der Waals surface area contributed by atoms with Crippen molar-refractivity contribution in [3.8, 4) is 5.75 Å². The fourth-order valence-electron chi connectivity index (χ4n) is 2.37. The van der Waals surface area contributed by atoms with Gasteiger partial charge in [-0.3, -0.25) is 0 Å². The van der Waals surface area contributed by atoms with E-state index in [4.69, 9.17) is 22.2 Å². The monoisotopic (exact) mass is 336 g/mol. The van der Waals surface area contributed by atoms with Crippen LogP contribution in [0.25, 0.3) is 0 Å². The molecule has 0 aliphatic carbocycles. The van der Waals surface area contributed by atoms with Crippen LogP contribution in [0.1, 0.15) is 16.7 Å². The SMILES string of the molecule is N/N=C(\c1ccc(Cl)cc1)c1ccc(OCc2ccccc2)cc1. The number of hydrazone groups is 1. The molecule has 3 nitrogen and oxygen atoms in total.